The van der Waals surface area contributed by atoms with Gasteiger partial charge in [0.2, 0.25) is 0 Å². The van der Waals surface area contributed by atoms with Crippen LogP contribution in [0.4, 0.5) is 0 Å². The largest absolute Gasteiger partial charge is 0.303 e. The first-order valence-corrected chi connectivity index (χ1v) is 7.04. The molecular weight excluding hydrogens is 196 g/mol. The fourth-order valence-electron chi connectivity index (χ4n) is 4.16. The normalized spacial score (nSPS) is 42.6. The summed E-state index contributed by atoms with van der Waals surface area (Å²) < 4.78 is 0. The van der Waals surface area contributed by atoms with Crippen LogP contribution >= 0.6 is 0 Å². The summed E-state index contributed by atoms with van der Waals surface area (Å²) in [4.78, 5) is 11.3. The van der Waals surface area contributed by atoms with E-state index in [1.165, 1.54) is 32.0 Å². The quantitative estimate of drug-likeness (QED) is 0.595. The van der Waals surface area contributed by atoms with E-state index >= 15 is 0 Å². The molecule has 2 fully saturated rings. The van der Waals surface area contributed by atoms with Gasteiger partial charge in [0, 0.05) is 5.41 Å². The molecule has 2 aliphatic rings. The van der Waals surface area contributed by atoms with Gasteiger partial charge < -0.3 is 4.79 Å². The summed E-state index contributed by atoms with van der Waals surface area (Å²) in [6.07, 6.45) is 10.0. The summed E-state index contributed by atoms with van der Waals surface area (Å²) in [5.74, 6) is 0.747. The van der Waals surface area contributed by atoms with Crippen LogP contribution in [0.5, 0.6) is 0 Å². The van der Waals surface area contributed by atoms with E-state index in [4.69, 9.17) is 0 Å². The van der Waals surface area contributed by atoms with Crippen LogP contribution in [0, 0.1) is 16.7 Å². The smallest absolute Gasteiger partial charge is 0.126 e. The van der Waals surface area contributed by atoms with Crippen LogP contribution in [0.15, 0.2) is 0 Å². The van der Waals surface area contributed by atoms with E-state index in [1.807, 2.05) is 13.8 Å². The van der Waals surface area contributed by atoms with Gasteiger partial charge in [-0.05, 0) is 43.4 Å². The minimum atomic E-state index is 0.0584. The lowest BCUT2D eigenvalue weighted by Gasteiger charge is -2.44. The molecule has 0 aromatic heterocycles. The van der Waals surface area contributed by atoms with E-state index in [0.717, 1.165) is 25.2 Å². The summed E-state index contributed by atoms with van der Waals surface area (Å²) in [6, 6.07) is 0. The summed E-state index contributed by atoms with van der Waals surface area (Å²) in [5.41, 5.74) is 0.526. The average Bonchev–Trinajstić information content (AvgIpc) is 2.37. The van der Waals surface area contributed by atoms with Crippen molar-refractivity contribution in [3.63, 3.8) is 0 Å². The van der Waals surface area contributed by atoms with Crippen LogP contribution in [0.3, 0.4) is 0 Å². The van der Waals surface area contributed by atoms with Crippen molar-refractivity contribution in [1.29, 1.82) is 0 Å². The summed E-state index contributed by atoms with van der Waals surface area (Å²) in [5, 5.41) is 0. The highest BCUT2D eigenvalue weighted by molar-refractivity contribution is 5.60. The fourth-order valence-corrected chi connectivity index (χ4v) is 4.16. The summed E-state index contributed by atoms with van der Waals surface area (Å²) >= 11 is 0. The molecule has 2 rings (SSSR count). The Bertz CT molecular complexity index is 236. The van der Waals surface area contributed by atoms with Crippen molar-refractivity contribution in [2.45, 2.75) is 72.6 Å². The van der Waals surface area contributed by atoms with Crippen LogP contribution < -0.4 is 0 Å². The first kappa shape index (κ1) is 13.7. The summed E-state index contributed by atoms with van der Waals surface area (Å²) in [7, 11) is 0. The van der Waals surface area contributed by atoms with Gasteiger partial charge in [0.25, 0.3) is 0 Å². The molecule has 1 nitrogen and oxygen atoms in total. The van der Waals surface area contributed by atoms with Crippen LogP contribution in [0.25, 0.3) is 0 Å². The lowest BCUT2D eigenvalue weighted by atomic mass is 9.59. The third-order valence-corrected chi connectivity index (χ3v) is 4.33. The molecule has 0 amide bonds. The predicted molar refractivity (Wildman–Crippen MR) is 69.4 cm³/mol. The van der Waals surface area contributed by atoms with Gasteiger partial charge in [0.05, 0.1) is 0 Å². The monoisotopic (exact) mass is 224 g/mol. The molecule has 2 bridgehead atoms. The third kappa shape index (κ3) is 2.87. The minimum Gasteiger partial charge on any atom is -0.303 e. The van der Waals surface area contributed by atoms with Crippen LogP contribution in [-0.4, -0.2) is 6.29 Å². The van der Waals surface area contributed by atoms with E-state index in [9.17, 15) is 4.79 Å². The number of rotatable bonds is 1. The second-order valence-electron chi connectivity index (χ2n) is 6.19. The maximum Gasteiger partial charge on any atom is 0.126 e. The van der Waals surface area contributed by atoms with Crippen molar-refractivity contribution in [3.8, 4) is 0 Å². The van der Waals surface area contributed by atoms with Crippen molar-refractivity contribution in [2.75, 3.05) is 0 Å². The van der Waals surface area contributed by atoms with Gasteiger partial charge in [-0.25, -0.2) is 0 Å². The Morgan fingerprint density at radius 2 is 1.75 bits per heavy atom. The molecule has 0 aromatic rings. The molecule has 16 heavy (non-hydrogen) atoms. The molecule has 0 heterocycles. The second-order valence-corrected chi connectivity index (χ2v) is 6.19. The zero-order valence-electron chi connectivity index (χ0n) is 11.5. The molecule has 0 N–H and O–H groups in total. The number of carbonyl (C=O) groups is 1. The highest BCUT2D eigenvalue weighted by atomic mass is 16.1. The maximum absolute atomic E-state index is 11.3. The Morgan fingerprint density at radius 3 is 2.38 bits per heavy atom. The molecule has 0 aliphatic heterocycles. The van der Waals surface area contributed by atoms with Gasteiger partial charge in [-0.15, -0.1) is 0 Å². The molecule has 2 aliphatic carbocycles. The van der Waals surface area contributed by atoms with Crippen LogP contribution in [0.2, 0.25) is 0 Å². The SMILES string of the molecule is CC.CC1CC2(C)CCCCC(C=O)(C1)C2. The van der Waals surface area contributed by atoms with Crippen molar-refractivity contribution >= 4 is 6.29 Å². The highest BCUT2D eigenvalue weighted by Crippen LogP contribution is 2.54. The van der Waals surface area contributed by atoms with Gasteiger partial charge in [0.15, 0.2) is 0 Å². The van der Waals surface area contributed by atoms with Crippen molar-refractivity contribution in [1.82, 2.24) is 0 Å². The molecule has 0 saturated heterocycles. The lowest BCUT2D eigenvalue weighted by molar-refractivity contribution is -0.121. The highest BCUT2D eigenvalue weighted by Gasteiger charge is 2.45. The first-order valence-electron chi connectivity index (χ1n) is 7.04. The van der Waals surface area contributed by atoms with E-state index in [-0.39, 0.29) is 5.41 Å². The maximum atomic E-state index is 11.3. The van der Waals surface area contributed by atoms with Crippen LogP contribution in [-0.2, 0) is 4.79 Å². The molecule has 3 atom stereocenters. The fraction of sp³-hybridized carbons (Fsp3) is 0.933. The predicted octanol–water partition coefficient (Wildman–Crippen LogP) is 4.60. The zero-order chi connectivity index (χ0) is 12.2. The van der Waals surface area contributed by atoms with E-state index in [1.54, 1.807) is 0 Å². The third-order valence-electron chi connectivity index (χ3n) is 4.33. The number of aldehydes is 1. The second kappa shape index (κ2) is 5.33. The van der Waals surface area contributed by atoms with E-state index in [0.29, 0.717) is 5.41 Å². The van der Waals surface area contributed by atoms with E-state index in [2.05, 4.69) is 13.8 Å². The van der Waals surface area contributed by atoms with Gasteiger partial charge in [-0.1, -0.05) is 40.5 Å². The van der Waals surface area contributed by atoms with E-state index < -0.39 is 0 Å². The number of hydrogen-bond donors (Lipinski definition) is 0. The molecule has 94 valence electrons. The molecule has 1 heteroatoms. The Kier molecular flexibility index (Phi) is 4.58. The van der Waals surface area contributed by atoms with Crippen molar-refractivity contribution in [3.05, 3.63) is 0 Å². The molecular formula is C15H28O. The van der Waals surface area contributed by atoms with Crippen molar-refractivity contribution in [2.24, 2.45) is 16.7 Å². The Labute approximate surface area is 101 Å². The Morgan fingerprint density at radius 1 is 1.12 bits per heavy atom. The molecule has 0 aromatic carbocycles. The summed E-state index contributed by atoms with van der Waals surface area (Å²) in [6.45, 7) is 8.72. The topological polar surface area (TPSA) is 17.1 Å². The van der Waals surface area contributed by atoms with Crippen molar-refractivity contribution < 1.29 is 4.79 Å². The number of hydrogen-bond acceptors (Lipinski definition) is 1. The Balaban J connectivity index is 0.000000606. The van der Waals surface area contributed by atoms with Gasteiger partial charge in [-0.3, -0.25) is 0 Å². The van der Waals surface area contributed by atoms with Gasteiger partial charge in [-0.2, -0.15) is 0 Å². The standard InChI is InChI=1S/C13H22O.C2H6/c1-11-7-12(2)5-3-4-6-13(8-11,9-12)10-14;1-2/h10-11H,3-9H2,1-2H3;1-2H3. The van der Waals surface area contributed by atoms with Crippen LogP contribution in [0.1, 0.15) is 72.6 Å². The zero-order valence-corrected chi connectivity index (χ0v) is 11.5. The number of carbonyl (C=O) groups excluding carboxylic acids is 1. The van der Waals surface area contributed by atoms with Gasteiger partial charge in [0.1, 0.15) is 6.29 Å². The molecule has 0 radical (unpaired) electrons. The minimum absolute atomic E-state index is 0.0584. The average molecular weight is 224 g/mol. The molecule has 0 spiro atoms. The van der Waals surface area contributed by atoms with Gasteiger partial charge >= 0.3 is 0 Å². The first-order chi connectivity index (χ1) is 7.58. The Hall–Kier alpha value is -0.330. The molecule has 2 saturated carbocycles. The number of fused-ring (bicyclic) bond motifs is 2. The lowest BCUT2D eigenvalue weighted by Crippen LogP contribution is -2.37. The molecule has 3 unspecified atom stereocenters.